The number of carbonyl (C=O) groups excluding carboxylic acids is 4. The lowest BCUT2D eigenvalue weighted by molar-refractivity contribution is -0.137. The van der Waals surface area contributed by atoms with Crippen molar-refractivity contribution in [3.63, 3.8) is 0 Å². The highest BCUT2D eigenvalue weighted by Crippen LogP contribution is 2.29. The maximum atomic E-state index is 13.1. The molecule has 0 aliphatic carbocycles. The second-order valence-electron chi connectivity index (χ2n) is 8.31. The van der Waals surface area contributed by atoms with Crippen LogP contribution in [0.3, 0.4) is 0 Å². The zero-order valence-corrected chi connectivity index (χ0v) is 21.3. The minimum atomic E-state index is -4.63. The topological polar surface area (TPSA) is 104 Å². The van der Waals surface area contributed by atoms with Gasteiger partial charge in [0.05, 0.1) is 5.56 Å². The highest BCUT2D eigenvalue weighted by molar-refractivity contribution is 8.00. The molecule has 2 rings (SSSR count). The summed E-state index contributed by atoms with van der Waals surface area (Å²) in [6, 6.07) is 10.4. The summed E-state index contributed by atoms with van der Waals surface area (Å²) < 4.78 is 39.2. The summed E-state index contributed by atoms with van der Waals surface area (Å²) in [5.41, 5.74) is -0.558. The standard InChI is InChI=1S/C26H30F3N3O4S/c1-3-4-13-37-22(16-33)32-23(34)17(2)30-25(36)21(14-18-9-6-5-7-10-18)31-24(35)19-11-8-12-20(15-19)26(27,28)29/h5-12,15-17,21-22H,3-4,13-14H2,1-2H3,(H,30,36)(H,31,35)(H,32,34)/t17-,21-,22?/m0/s1. The molecule has 0 heterocycles. The number of thioether (sulfide) groups is 1. The van der Waals surface area contributed by atoms with Gasteiger partial charge in [0.2, 0.25) is 11.8 Å². The minimum Gasteiger partial charge on any atom is -0.343 e. The molecule has 0 bridgehead atoms. The van der Waals surface area contributed by atoms with E-state index in [-0.39, 0.29) is 12.0 Å². The molecular formula is C26H30F3N3O4S. The average molecular weight is 538 g/mol. The molecule has 200 valence electrons. The number of rotatable bonds is 13. The summed E-state index contributed by atoms with van der Waals surface area (Å²) in [5, 5.41) is 6.79. The molecule has 0 aromatic heterocycles. The number of hydrogen-bond acceptors (Lipinski definition) is 5. The van der Waals surface area contributed by atoms with E-state index in [1.54, 1.807) is 30.3 Å². The Bertz CT molecular complexity index is 1070. The first-order chi connectivity index (χ1) is 17.5. The van der Waals surface area contributed by atoms with E-state index in [0.29, 0.717) is 23.7 Å². The van der Waals surface area contributed by atoms with E-state index in [2.05, 4.69) is 16.0 Å². The van der Waals surface area contributed by atoms with Gasteiger partial charge < -0.3 is 20.7 Å². The molecule has 37 heavy (non-hydrogen) atoms. The Hall–Kier alpha value is -3.34. The fourth-order valence-corrected chi connectivity index (χ4v) is 4.24. The van der Waals surface area contributed by atoms with Crippen LogP contribution in [-0.4, -0.2) is 47.2 Å². The zero-order chi connectivity index (χ0) is 27.4. The van der Waals surface area contributed by atoms with Gasteiger partial charge in [-0.3, -0.25) is 14.4 Å². The number of halogens is 3. The number of unbranched alkanes of at least 4 members (excludes halogenated alkanes) is 1. The van der Waals surface area contributed by atoms with Crippen LogP contribution in [0.4, 0.5) is 13.2 Å². The molecule has 2 aromatic carbocycles. The molecule has 0 saturated heterocycles. The van der Waals surface area contributed by atoms with Crippen LogP contribution in [-0.2, 0) is 27.0 Å². The predicted molar refractivity (Wildman–Crippen MR) is 136 cm³/mol. The van der Waals surface area contributed by atoms with Crippen molar-refractivity contribution in [3.05, 3.63) is 71.3 Å². The van der Waals surface area contributed by atoms with Gasteiger partial charge in [-0.05, 0) is 42.9 Å². The first-order valence-corrected chi connectivity index (χ1v) is 12.8. The maximum absolute atomic E-state index is 13.1. The molecule has 11 heteroatoms. The summed E-state index contributed by atoms with van der Waals surface area (Å²) in [6.07, 6.45) is -2.16. The number of benzene rings is 2. The van der Waals surface area contributed by atoms with Crippen LogP contribution in [0, 0.1) is 0 Å². The third-order valence-corrected chi connectivity index (χ3v) is 6.42. The van der Waals surface area contributed by atoms with Crippen molar-refractivity contribution in [2.24, 2.45) is 0 Å². The average Bonchev–Trinajstić information content (AvgIpc) is 2.87. The van der Waals surface area contributed by atoms with Crippen LogP contribution in [0.2, 0.25) is 0 Å². The van der Waals surface area contributed by atoms with Gasteiger partial charge in [-0.1, -0.05) is 49.7 Å². The van der Waals surface area contributed by atoms with Gasteiger partial charge in [0.25, 0.3) is 5.91 Å². The monoisotopic (exact) mass is 537 g/mol. The Kier molecular flexibility index (Phi) is 11.6. The fraction of sp³-hybridized carbons (Fsp3) is 0.385. The van der Waals surface area contributed by atoms with Crippen molar-refractivity contribution in [1.82, 2.24) is 16.0 Å². The van der Waals surface area contributed by atoms with Gasteiger partial charge in [-0.25, -0.2) is 0 Å². The summed E-state index contributed by atoms with van der Waals surface area (Å²) >= 11 is 1.28. The summed E-state index contributed by atoms with van der Waals surface area (Å²) in [7, 11) is 0. The summed E-state index contributed by atoms with van der Waals surface area (Å²) in [6.45, 7) is 3.43. The largest absolute Gasteiger partial charge is 0.416 e. The molecule has 1 unspecified atom stereocenters. The Morgan fingerprint density at radius 3 is 2.30 bits per heavy atom. The van der Waals surface area contributed by atoms with E-state index in [0.717, 1.165) is 25.0 Å². The van der Waals surface area contributed by atoms with Crippen molar-refractivity contribution in [2.45, 2.75) is 56.7 Å². The van der Waals surface area contributed by atoms with E-state index in [9.17, 15) is 32.3 Å². The normalized spacial score (nSPS) is 13.6. The van der Waals surface area contributed by atoms with E-state index in [1.165, 1.54) is 24.8 Å². The van der Waals surface area contributed by atoms with Crippen molar-refractivity contribution >= 4 is 35.8 Å². The Balaban J connectivity index is 2.13. The van der Waals surface area contributed by atoms with Gasteiger partial charge >= 0.3 is 6.18 Å². The van der Waals surface area contributed by atoms with Gasteiger partial charge in [0, 0.05) is 12.0 Å². The minimum absolute atomic E-state index is 0.0372. The molecule has 0 spiro atoms. The number of carbonyl (C=O) groups is 4. The van der Waals surface area contributed by atoms with Crippen molar-refractivity contribution in [3.8, 4) is 0 Å². The van der Waals surface area contributed by atoms with E-state index in [1.807, 2.05) is 6.92 Å². The lowest BCUT2D eigenvalue weighted by Gasteiger charge is -2.22. The number of nitrogens with one attached hydrogen (secondary N) is 3. The van der Waals surface area contributed by atoms with Gasteiger partial charge in [-0.2, -0.15) is 13.2 Å². The quantitative estimate of drug-likeness (QED) is 0.205. The number of alkyl halides is 3. The highest BCUT2D eigenvalue weighted by atomic mass is 32.2. The van der Waals surface area contributed by atoms with Gasteiger partial charge in [0.15, 0.2) is 6.29 Å². The Labute approximate surface area is 218 Å². The second kappa shape index (κ2) is 14.4. The molecule has 0 fully saturated rings. The van der Waals surface area contributed by atoms with Crippen molar-refractivity contribution in [1.29, 1.82) is 0 Å². The molecule has 3 amide bonds. The van der Waals surface area contributed by atoms with Crippen LogP contribution in [0.15, 0.2) is 54.6 Å². The van der Waals surface area contributed by atoms with Crippen LogP contribution >= 0.6 is 11.8 Å². The molecule has 2 aromatic rings. The predicted octanol–water partition coefficient (Wildman–Crippen LogP) is 3.73. The van der Waals surface area contributed by atoms with Crippen LogP contribution in [0.1, 0.15) is 48.2 Å². The molecule has 3 atom stereocenters. The van der Waals surface area contributed by atoms with Crippen LogP contribution in [0.5, 0.6) is 0 Å². The van der Waals surface area contributed by atoms with Crippen molar-refractivity contribution < 1.29 is 32.3 Å². The Morgan fingerprint density at radius 2 is 1.68 bits per heavy atom. The number of amides is 3. The van der Waals surface area contributed by atoms with E-state index in [4.69, 9.17) is 0 Å². The smallest absolute Gasteiger partial charge is 0.343 e. The first kappa shape index (κ1) is 29.9. The lowest BCUT2D eigenvalue weighted by Crippen LogP contribution is -2.54. The van der Waals surface area contributed by atoms with Crippen molar-refractivity contribution in [2.75, 3.05) is 5.75 Å². The van der Waals surface area contributed by atoms with Crippen LogP contribution < -0.4 is 16.0 Å². The highest BCUT2D eigenvalue weighted by Gasteiger charge is 2.31. The molecule has 0 aliphatic rings. The second-order valence-corrected chi connectivity index (χ2v) is 9.56. The molecule has 7 nitrogen and oxygen atoms in total. The molecular weight excluding hydrogens is 507 g/mol. The molecule has 0 saturated carbocycles. The third-order valence-electron chi connectivity index (χ3n) is 5.31. The lowest BCUT2D eigenvalue weighted by atomic mass is 10.0. The molecule has 3 N–H and O–H groups in total. The number of aldehydes is 1. The Morgan fingerprint density at radius 1 is 0.973 bits per heavy atom. The third kappa shape index (κ3) is 9.91. The summed E-state index contributed by atoms with van der Waals surface area (Å²) in [4.78, 5) is 49.7. The number of hydrogen-bond donors (Lipinski definition) is 3. The summed E-state index contributed by atoms with van der Waals surface area (Å²) in [5.74, 6) is -1.47. The zero-order valence-electron chi connectivity index (χ0n) is 20.5. The molecule has 0 radical (unpaired) electrons. The first-order valence-electron chi connectivity index (χ1n) is 11.7. The fourth-order valence-electron chi connectivity index (χ4n) is 3.25. The maximum Gasteiger partial charge on any atom is 0.416 e. The van der Waals surface area contributed by atoms with E-state index >= 15 is 0 Å². The van der Waals surface area contributed by atoms with Gasteiger partial charge in [-0.15, -0.1) is 11.8 Å². The van der Waals surface area contributed by atoms with Gasteiger partial charge in [0.1, 0.15) is 17.5 Å². The molecule has 0 aliphatic heterocycles. The van der Waals surface area contributed by atoms with E-state index < -0.39 is 46.9 Å². The SMILES string of the molecule is CCCCSC(C=O)NC(=O)[C@H](C)NC(=O)[C@H](Cc1ccccc1)NC(=O)c1cccc(C(F)(F)F)c1. The van der Waals surface area contributed by atoms with Crippen LogP contribution in [0.25, 0.3) is 0 Å².